The summed E-state index contributed by atoms with van der Waals surface area (Å²) in [6.45, 7) is 4.34. The number of nitrogens with zero attached hydrogens (tertiary/aromatic N) is 2. The average Bonchev–Trinajstić information content (AvgIpc) is 3.18. The number of amides is 1. The van der Waals surface area contributed by atoms with Gasteiger partial charge in [-0.2, -0.15) is 5.10 Å². The lowest BCUT2D eigenvalue weighted by Crippen LogP contribution is -2.20. The highest BCUT2D eigenvalue weighted by Crippen LogP contribution is 2.29. The first-order valence-electron chi connectivity index (χ1n) is 10.0. The summed E-state index contributed by atoms with van der Waals surface area (Å²) in [6.07, 6.45) is 4.78. The topological polar surface area (TPSA) is 82.5 Å². The zero-order chi connectivity index (χ0) is 23.1. The SMILES string of the molecule is CCn1ncc(Br)c1C(=O)/C=C/c1ccc(OCC(=O)Nc2ccc(C)cc2)c(OC)c1. The zero-order valence-corrected chi connectivity index (χ0v) is 19.7. The minimum atomic E-state index is -0.274. The van der Waals surface area contributed by atoms with E-state index in [0.29, 0.717) is 33.9 Å². The number of hydrogen-bond acceptors (Lipinski definition) is 5. The van der Waals surface area contributed by atoms with Crippen LogP contribution in [-0.4, -0.2) is 35.2 Å². The molecule has 3 aromatic rings. The number of benzene rings is 2. The smallest absolute Gasteiger partial charge is 0.262 e. The molecule has 3 rings (SSSR count). The summed E-state index contributed by atoms with van der Waals surface area (Å²) in [5.74, 6) is 0.455. The maximum atomic E-state index is 12.6. The van der Waals surface area contributed by atoms with Crippen molar-refractivity contribution >= 4 is 39.4 Å². The van der Waals surface area contributed by atoms with Gasteiger partial charge in [-0.05, 0) is 65.7 Å². The van der Waals surface area contributed by atoms with Crippen LogP contribution in [0.1, 0.15) is 28.5 Å². The number of nitrogens with one attached hydrogen (secondary N) is 1. The van der Waals surface area contributed by atoms with Gasteiger partial charge in [0, 0.05) is 12.2 Å². The highest BCUT2D eigenvalue weighted by molar-refractivity contribution is 9.10. The Kier molecular flexibility index (Phi) is 7.83. The Morgan fingerprint density at radius 1 is 1.16 bits per heavy atom. The van der Waals surface area contributed by atoms with Crippen LogP contribution < -0.4 is 14.8 Å². The average molecular weight is 498 g/mol. The lowest BCUT2D eigenvalue weighted by atomic mass is 10.1. The molecular weight excluding hydrogens is 474 g/mol. The van der Waals surface area contributed by atoms with Crippen molar-refractivity contribution in [1.29, 1.82) is 0 Å². The number of halogens is 1. The molecule has 7 nitrogen and oxygen atoms in total. The third-order valence-corrected chi connectivity index (χ3v) is 5.22. The van der Waals surface area contributed by atoms with E-state index in [-0.39, 0.29) is 18.3 Å². The van der Waals surface area contributed by atoms with Gasteiger partial charge in [0.25, 0.3) is 5.91 Å². The van der Waals surface area contributed by atoms with Gasteiger partial charge in [0.2, 0.25) is 5.78 Å². The van der Waals surface area contributed by atoms with Crippen molar-refractivity contribution in [2.75, 3.05) is 19.0 Å². The number of ether oxygens (including phenoxy) is 2. The Morgan fingerprint density at radius 3 is 2.59 bits per heavy atom. The minimum Gasteiger partial charge on any atom is -0.493 e. The van der Waals surface area contributed by atoms with Crippen LogP contribution in [0.3, 0.4) is 0 Å². The number of allylic oxidation sites excluding steroid dienone is 1. The van der Waals surface area contributed by atoms with Crippen LogP contribution in [0, 0.1) is 6.92 Å². The fraction of sp³-hybridized carbons (Fsp3) is 0.208. The highest BCUT2D eigenvalue weighted by atomic mass is 79.9. The second-order valence-corrected chi connectivity index (χ2v) is 7.82. The van der Waals surface area contributed by atoms with E-state index in [0.717, 1.165) is 11.1 Å². The predicted molar refractivity (Wildman–Crippen MR) is 127 cm³/mol. The summed E-state index contributed by atoms with van der Waals surface area (Å²) in [7, 11) is 1.52. The number of aromatic nitrogens is 2. The summed E-state index contributed by atoms with van der Waals surface area (Å²) in [6, 6.07) is 12.7. The Morgan fingerprint density at radius 2 is 1.91 bits per heavy atom. The van der Waals surface area contributed by atoms with Gasteiger partial charge in [-0.25, -0.2) is 0 Å². The lowest BCUT2D eigenvalue weighted by molar-refractivity contribution is -0.118. The Labute approximate surface area is 195 Å². The van der Waals surface area contributed by atoms with Crippen LogP contribution in [0.25, 0.3) is 6.08 Å². The number of aryl methyl sites for hydroxylation is 2. The molecule has 0 radical (unpaired) electrons. The molecule has 0 unspecified atom stereocenters. The molecule has 166 valence electrons. The third kappa shape index (κ3) is 5.85. The van der Waals surface area contributed by atoms with Gasteiger partial charge in [-0.15, -0.1) is 0 Å². The second-order valence-electron chi connectivity index (χ2n) is 6.97. The molecule has 0 aliphatic heterocycles. The quantitative estimate of drug-likeness (QED) is 0.336. The fourth-order valence-corrected chi connectivity index (χ4v) is 3.47. The van der Waals surface area contributed by atoms with Crippen molar-refractivity contribution in [3.05, 3.63) is 76.0 Å². The van der Waals surface area contributed by atoms with Crippen LogP contribution in [-0.2, 0) is 11.3 Å². The summed E-state index contributed by atoms with van der Waals surface area (Å²) < 4.78 is 13.3. The molecule has 0 atom stereocenters. The van der Waals surface area contributed by atoms with Gasteiger partial charge in [-0.1, -0.05) is 29.8 Å². The second kappa shape index (κ2) is 10.8. The monoisotopic (exact) mass is 497 g/mol. The largest absolute Gasteiger partial charge is 0.493 e. The number of carbonyl (C=O) groups is 2. The number of rotatable bonds is 9. The van der Waals surface area contributed by atoms with Crippen molar-refractivity contribution in [3.63, 3.8) is 0 Å². The number of anilines is 1. The molecule has 0 saturated heterocycles. The van der Waals surface area contributed by atoms with E-state index < -0.39 is 0 Å². The Hall–Kier alpha value is -3.39. The van der Waals surface area contributed by atoms with Crippen LogP contribution in [0.15, 0.2) is 59.2 Å². The highest BCUT2D eigenvalue weighted by Gasteiger charge is 2.14. The lowest BCUT2D eigenvalue weighted by Gasteiger charge is -2.11. The molecule has 0 spiro atoms. The minimum absolute atomic E-state index is 0.160. The molecule has 1 amide bonds. The summed E-state index contributed by atoms with van der Waals surface area (Å²) >= 11 is 3.36. The van der Waals surface area contributed by atoms with Crippen LogP contribution in [0.5, 0.6) is 11.5 Å². The van der Waals surface area contributed by atoms with E-state index in [4.69, 9.17) is 9.47 Å². The normalized spacial score (nSPS) is 10.9. The van der Waals surface area contributed by atoms with Gasteiger partial charge in [0.15, 0.2) is 18.1 Å². The van der Waals surface area contributed by atoms with Gasteiger partial charge in [0.1, 0.15) is 5.69 Å². The van der Waals surface area contributed by atoms with Crippen LogP contribution in [0.4, 0.5) is 5.69 Å². The summed E-state index contributed by atoms with van der Waals surface area (Å²) in [5.41, 5.74) is 3.07. The maximum Gasteiger partial charge on any atom is 0.262 e. The first-order valence-corrected chi connectivity index (χ1v) is 10.8. The number of methoxy groups -OCH3 is 1. The van der Waals surface area contributed by atoms with E-state index in [9.17, 15) is 9.59 Å². The molecule has 0 aliphatic carbocycles. The molecule has 1 heterocycles. The molecule has 2 aromatic carbocycles. The van der Waals surface area contributed by atoms with Crippen molar-refractivity contribution < 1.29 is 19.1 Å². The van der Waals surface area contributed by atoms with E-state index in [2.05, 4.69) is 26.3 Å². The zero-order valence-electron chi connectivity index (χ0n) is 18.1. The van der Waals surface area contributed by atoms with Gasteiger partial charge in [-0.3, -0.25) is 14.3 Å². The van der Waals surface area contributed by atoms with Crippen molar-refractivity contribution in [2.45, 2.75) is 20.4 Å². The molecule has 0 fully saturated rings. The first-order chi connectivity index (χ1) is 15.4. The van der Waals surface area contributed by atoms with Crippen molar-refractivity contribution in [2.24, 2.45) is 0 Å². The van der Waals surface area contributed by atoms with Crippen molar-refractivity contribution in [1.82, 2.24) is 9.78 Å². The predicted octanol–water partition coefficient (Wildman–Crippen LogP) is 4.90. The van der Waals surface area contributed by atoms with Gasteiger partial charge >= 0.3 is 0 Å². The molecule has 8 heteroatoms. The molecule has 1 N–H and O–H groups in total. The third-order valence-electron chi connectivity index (χ3n) is 4.64. The molecule has 0 saturated carbocycles. The van der Waals surface area contributed by atoms with E-state index in [1.165, 1.54) is 13.2 Å². The van der Waals surface area contributed by atoms with E-state index in [1.54, 1.807) is 35.2 Å². The van der Waals surface area contributed by atoms with Crippen LogP contribution >= 0.6 is 15.9 Å². The number of ketones is 1. The number of hydrogen-bond donors (Lipinski definition) is 1. The Balaban J connectivity index is 1.64. The van der Waals surface area contributed by atoms with E-state index >= 15 is 0 Å². The van der Waals surface area contributed by atoms with E-state index in [1.807, 2.05) is 38.1 Å². The van der Waals surface area contributed by atoms with Gasteiger partial charge in [0.05, 0.1) is 17.8 Å². The van der Waals surface area contributed by atoms with Gasteiger partial charge < -0.3 is 14.8 Å². The van der Waals surface area contributed by atoms with Crippen molar-refractivity contribution in [3.8, 4) is 11.5 Å². The summed E-state index contributed by atoms with van der Waals surface area (Å²) in [4.78, 5) is 24.7. The van der Waals surface area contributed by atoms with Crippen LogP contribution in [0.2, 0.25) is 0 Å². The standard InChI is InChI=1S/C24H24BrN3O4/c1-4-28-24(19(25)14-26-28)20(29)11-7-17-8-12-21(22(13-17)31-3)32-15-23(30)27-18-9-5-16(2)6-10-18/h5-14H,4,15H2,1-3H3,(H,27,30)/b11-7+. The molecular formula is C24H24BrN3O4. The number of carbonyl (C=O) groups excluding carboxylic acids is 2. The molecule has 1 aromatic heterocycles. The first kappa shape index (κ1) is 23.3. The molecule has 0 aliphatic rings. The maximum absolute atomic E-state index is 12.6. The molecule has 0 bridgehead atoms. The summed E-state index contributed by atoms with van der Waals surface area (Å²) in [5, 5.41) is 6.94. The molecule has 32 heavy (non-hydrogen) atoms. The fourth-order valence-electron chi connectivity index (χ4n) is 2.98. The Bertz CT molecular complexity index is 1140.